The van der Waals surface area contributed by atoms with Gasteiger partial charge in [0.2, 0.25) is 0 Å². The Kier molecular flexibility index (Phi) is 5.98. The number of carbonyl (C=O) groups excluding carboxylic acids is 2. The molecule has 4 rings (SSSR count). The number of likely N-dealkylation sites (tertiary alicyclic amines) is 1. The highest BCUT2D eigenvalue weighted by Gasteiger charge is 2.46. The van der Waals surface area contributed by atoms with Gasteiger partial charge in [0.1, 0.15) is 23.0 Å². The molecule has 1 aromatic heterocycles. The summed E-state index contributed by atoms with van der Waals surface area (Å²) < 4.78 is 16.1. The number of benzene rings is 2. The summed E-state index contributed by atoms with van der Waals surface area (Å²) in [5.41, 5.74) is 1.11. The summed E-state index contributed by atoms with van der Waals surface area (Å²) in [6, 6.07) is 16.4. The van der Waals surface area contributed by atoms with Crippen LogP contribution in [0.3, 0.4) is 0 Å². The molecule has 32 heavy (non-hydrogen) atoms. The van der Waals surface area contributed by atoms with Crippen molar-refractivity contribution in [3.05, 3.63) is 89.4 Å². The predicted octanol–water partition coefficient (Wildman–Crippen LogP) is 4.31. The minimum atomic E-state index is -0.780. The molecule has 164 valence electrons. The molecule has 0 aliphatic carbocycles. The molecule has 3 aromatic rings. The van der Waals surface area contributed by atoms with Gasteiger partial charge >= 0.3 is 0 Å². The van der Waals surface area contributed by atoms with Gasteiger partial charge in [-0.3, -0.25) is 9.59 Å². The Morgan fingerprint density at radius 3 is 2.31 bits per heavy atom. The van der Waals surface area contributed by atoms with Gasteiger partial charge in [-0.2, -0.15) is 0 Å². The average Bonchev–Trinajstić information content (AvgIpc) is 3.42. The molecule has 1 fully saturated rings. The van der Waals surface area contributed by atoms with Crippen LogP contribution in [0.1, 0.15) is 29.9 Å². The molecule has 2 aromatic carbocycles. The normalized spacial score (nSPS) is 17.6. The highest BCUT2D eigenvalue weighted by atomic mass is 16.5. The van der Waals surface area contributed by atoms with E-state index < -0.39 is 17.7 Å². The summed E-state index contributed by atoms with van der Waals surface area (Å²) >= 11 is 0. The second-order valence-electron chi connectivity index (χ2n) is 7.24. The van der Waals surface area contributed by atoms with Crippen LogP contribution in [0.15, 0.2) is 76.9 Å². The number of hydrogen-bond acceptors (Lipinski definition) is 6. The van der Waals surface area contributed by atoms with E-state index in [4.69, 9.17) is 13.9 Å². The van der Waals surface area contributed by atoms with Crippen LogP contribution in [0.4, 0.5) is 0 Å². The van der Waals surface area contributed by atoms with Crippen molar-refractivity contribution in [1.29, 1.82) is 0 Å². The largest absolute Gasteiger partial charge is 0.507 e. The molecule has 0 radical (unpaired) electrons. The van der Waals surface area contributed by atoms with Crippen LogP contribution in [0.2, 0.25) is 0 Å². The van der Waals surface area contributed by atoms with Gasteiger partial charge in [0.05, 0.1) is 38.1 Å². The quantitative estimate of drug-likeness (QED) is 0.339. The van der Waals surface area contributed by atoms with Crippen LogP contribution in [0, 0.1) is 0 Å². The number of furan rings is 1. The Balaban J connectivity index is 1.80. The van der Waals surface area contributed by atoms with Gasteiger partial charge < -0.3 is 23.9 Å². The molecule has 0 spiro atoms. The summed E-state index contributed by atoms with van der Waals surface area (Å²) in [7, 11) is 1.56. The Hall–Kier alpha value is -4.00. The van der Waals surface area contributed by atoms with Gasteiger partial charge in [0.15, 0.2) is 0 Å². The van der Waals surface area contributed by atoms with Crippen LogP contribution in [0.5, 0.6) is 11.5 Å². The van der Waals surface area contributed by atoms with Crippen molar-refractivity contribution in [3.63, 3.8) is 0 Å². The number of Topliss-reactive ketones (excluding diaryl/α,β-unsaturated/α-hetero) is 1. The van der Waals surface area contributed by atoms with Crippen molar-refractivity contribution in [2.75, 3.05) is 13.7 Å². The molecule has 7 nitrogen and oxygen atoms in total. The van der Waals surface area contributed by atoms with Crippen LogP contribution < -0.4 is 9.47 Å². The molecule has 1 atom stereocenters. The number of ether oxygens (including phenoxy) is 2. The van der Waals surface area contributed by atoms with Gasteiger partial charge in [-0.1, -0.05) is 12.1 Å². The number of methoxy groups -OCH3 is 1. The first-order valence-corrected chi connectivity index (χ1v) is 10.2. The Morgan fingerprint density at radius 1 is 1.03 bits per heavy atom. The first kappa shape index (κ1) is 21.2. The summed E-state index contributed by atoms with van der Waals surface area (Å²) in [6.07, 6.45) is 1.51. The maximum atomic E-state index is 13.0. The van der Waals surface area contributed by atoms with Crippen LogP contribution in [-0.2, 0) is 16.1 Å². The van der Waals surface area contributed by atoms with E-state index in [1.807, 2.05) is 6.92 Å². The van der Waals surface area contributed by atoms with E-state index in [1.54, 1.807) is 67.8 Å². The topological polar surface area (TPSA) is 89.2 Å². The Morgan fingerprint density at radius 2 is 1.72 bits per heavy atom. The van der Waals surface area contributed by atoms with Crippen molar-refractivity contribution in [3.8, 4) is 11.5 Å². The van der Waals surface area contributed by atoms with Crippen LogP contribution in [-0.4, -0.2) is 35.4 Å². The molecule has 2 heterocycles. The smallest absolute Gasteiger partial charge is 0.296 e. The molecule has 0 saturated carbocycles. The summed E-state index contributed by atoms with van der Waals surface area (Å²) in [5.74, 6) is 0.136. The molecule has 1 saturated heterocycles. The van der Waals surface area contributed by atoms with E-state index in [0.717, 1.165) is 0 Å². The third kappa shape index (κ3) is 3.97. The van der Waals surface area contributed by atoms with E-state index in [1.165, 1.54) is 11.2 Å². The molecule has 1 unspecified atom stereocenters. The lowest BCUT2D eigenvalue weighted by Gasteiger charge is -2.24. The number of carbonyl (C=O) groups is 2. The van der Waals surface area contributed by atoms with Gasteiger partial charge in [0, 0.05) is 5.56 Å². The summed E-state index contributed by atoms with van der Waals surface area (Å²) in [6.45, 7) is 2.48. The zero-order chi connectivity index (χ0) is 22.7. The molecule has 1 N–H and O–H groups in total. The van der Waals surface area contributed by atoms with Gasteiger partial charge in [0.25, 0.3) is 11.7 Å². The minimum absolute atomic E-state index is 0.0240. The number of ketones is 1. The molecule has 1 aliphatic rings. The first-order chi connectivity index (χ1) is 15.5. The number of aliphatic hydroxyl groups excluding tert-OH is 1. The number of aliphatic hydroxyl groups is 1. The summed E-state index contributed by atoms with van der Waals surface area (Å²) in [4.78, 5) is 27.4. The van der Waals surface area contributed by atoms with E-state index in [0.29, 0.717) is 35.0 Å². The fourth-order valence-electron chi connectivity index (χ4n) is 3.78. The number of rotatable bonds is 7. The molecule has 1 amide bonds. The Bertz CT molecular complexity index is 1130. The number of hydrogen-bond donors (Lipinski definition) is 1. The van der Waals surface area contributed by atoms with Gasteiger partial charge in [-0.15, -0.1) is 0 Å². The van der Waals surface area contributed by atoms with E-state index in [2.05, 4.69) is 0 Å². The minimum Gasteiger partial charge on any atom is -0.507 e. The number of nitrogens with zero attached hydrogens (tertiary/aromatic N) is 1. The lowest BCUT2D eigenvalue weighted by Crippen LogP contribution is -2.29. The van der Waals surface area contributed by atoms with Crippen LogP contribution >= 0.6 is 0 Å². The van der Waals surface area contributed by atoms with Crippen molar-refractivity contribution in [1.82, 2.24) is 4.90 Å². The second kappa shape index (κ2) is 9.01. The first-order valence-electron chi connectivity index (χ1n) is 10.2. The monoisotopic (exact) mass is 433 g/mol. The molecular formula is C25H23NO6. The lowest BCUT2D eigenvalue weighted by molar-refractivity contribution is -0.140. The third-order valence-electron chi connectivity index (χ3n) is 5.32. The average molecular weight is 433 g/mol. The second-order valence-corrected chi connectivity index (χ2v) is 7.24. The zero-order valence-electron chi connectivity index (χ0n) is 17.8. The highest BCUT2D eigenvalue weighted by molar-refractivity contribution is 6.46. The third-order valence-corrected chi connectivity index (χ3v) is 5.32. The van der Waals surface area contributed by atoms with E-state index in [-0.39, 0.29) is 17.9 Å². The maximum Gasteiger partial charge on any atom is 0.296 e. The van der Waals surface area contributed by atoms with Gasteiger partial charge in [-0.25, -0.2) is 0 Å². The van der Waals surface area contributed by atoms with Gasteiger partial charge in [-0.05, 0) is 61.0 Å². The molecular weight excluding hydrogens is 410 g/mol. The van der Waals surface area contributed by atoms with Crippen molar-refractivity contribution >= 4 is 17.4 Å². The predicted molar refractivity (Wildman–Crippen MR) is 117 cm³/mol. The standard InChI is InChI=1S/C25H23NO6/c1-3-31-19-12-8-17(9-13-19)23(27)21-22(16-6-10-18(30-2)11-7-16)26(25(29)24(21)28)15-20-5-4-14-32-20/h4-14,22,27H,3,15H2,1-2H3/b23-21+. The fraction of sp³-hybridized carbons (Fsp3) is 0.200. The van der Waals surface area contributed by atoms with Crippen molar-refractivity contribution in [2.45, 2.75) is 19.5 Å². The number of amides is 1. The zero-order valence-corrected chi connectivity index (χ0v) is 17.8. The highest BCUT2D eigenvalue weighted by Crippen LogP contribution is 2.40. The van der Waals surface area contributed by atoms with E-state index in [9.17, 15) is 14.7 Å². The maximum absolute atomic E-state index is 13.0. The molecule has 7 heteroatoms. The lowest BCUT2D eigenvalue weighted by atomic mass is 9.95. The molecule has 0 bridgehead atoms. The van der Waals surface area contributed by atoms with Crippen molar-refractivity contribution < 1.29 is 28.6 Å². The Labute approximate surface area is 185 Å². The van der Waals surface area contributed by atoms with E-state index >= 15 is 0 Å². The van der Waals surface area contributed by atoms with Crippen molar-refractivity contribution in [2.24, 2.45) is 0 Å². The molecule has 1 aliphatic heterocycles. The summed E-state index contributed by atoms with van der Waals surface area (Å²) in [5, 5.41) is 11.1. The SMILES string of the molecule is CCOc1ccc(/C(O)=C2\C(=O)C(=O)N(Cc3ccco3)C2c2ccc(OC)cc2)cc1. The van der Waals surface area contributed by atoms with Crippen LogP contribution in [0.25, 0.3) is 5.76 Å². The fourth-order valence-corrected chi connectivity index (χ4v) is 3.78.